The Morgan fingerprint density at radius 2 is 1.96 bits per heavy atom. The van der Waals surface area contributed by atoms with Gasteiger partial charge in [0.1, 0.15) is 0 Å². The Bertz CT molecular complexity index is 707. The molecule has 2 aromatic rings. The van der Waals surface area contributed by atoms with Crippen molar-refractivity contribution < 1.29 is 40.2 Å². The quantitative estimate of drug-likeness (QED) is 0.299. The third kappa shape index (κ3) is 5.88. The number of fused-ring (bicyclic) bond motifs is 1. The van der Waals surface area contributed by atoms with Crippen LogP contribution in [0.2, 0.25) is 5.15 Å². The summed E-state index contributed by atoms with van der Waals surface area (Å²) in [6.07, 6.45) is 4.33. The molecule has 2 rings (SSSR count). The number of aromatic amines is 1. The predicted molar refractivity (Wildman–Crippen MR) is 82.4 cm³/mol. The van der Waals surface area contributed by atoms with Crippen molar-refractivity contribution in [3.05, 3.63) is 28.7 Å². The molecule has 1 N–H and O–H groups in total. The molecule has 0 saturated heterocycles. The van der Waals surface area contributed by atoms with E-state index in [0.29, 0.717) is 10.9 Å². The molecule has 0 aliphatic heterocycles. The Morgan fingerprint density at radius 3 is 2.39 bits per heavy atom. The number of halogens is 1. The molecule has 8 heteroatoms. The number of carbonyl (C=O) groups is 1. The molecule has 122 valence electrons. The van der Waals surface area contributed by atoms with Gasteiger partial charge in [-0.25, -0.2) is 4.98 Å². The molecule has 0 aliphatic rings. The van der Waals surface area contributed by atoms with Crippen LogP contribution in [0.4, 0.5) is 0 Å². The Morgan fingerprint density at radius 1 is 1.35 bits per heavy atom. The molecule has 6 nitrogen and oxygen atoms in total. The SMILES string of the molecule is CC(C)(C)O[C-]=O.Cc1cnc(Cl)c2[nH]cc(C(=O)[C-]=O)c12.[W+2]. The van der Waals surface area contributed by atoms with Gasteiger partial charge in [0.15, 0.2) is 5.15 Å². The van der Waals surface area contributed by atoms with Gasteiger partial charge in [0.2, 0.25) is 0 Å². The van der Waals surface area contributed by atoms with Gasteiger partial charge < -0.3 is 24.1 Å². The largest absolute Gasteiger partial charge is 2.00 e. The smallest absolute Gasteiger partial charge is 0.649 e. The van der Waals surface area contributed by atoms with Crippen molar-refractivity contribution >= 4 is 41.0 Å². The topological polar surface area (TPSA) is 89.1 Å². The minimum atomic E-state index is -0.688. The van der Waals surface area contributed by atoms with Crippen LogP contribution < -0.4 is 0 Å². The van der Waals surface area contributed by atoms with E-state index in [0.717, 1.165) is 5.56 Å². The fourth-order valence-electron chi connectivity index (χ4n) is 1.64. The molecule has 0 fully saturated rings. The van der Waals surface area contributed by atoms with Crippen LogP contribution in [0, 0.1) is 6.92 Å². The van der Waals surface area contributed by atoms with Gasteiger partial charge in [-0.15, -0.1) is 5.56 Å². The van der Waals surface area contributed by atoms with E-state index < -0.39 is 5.78 Å². The number of ketones is 1. The molecule has 0 radical (unpaired) electrons. The summed E-state index contributed by atoms with van der Waals surface area (Å²) in [5.74, 6) is -0.688. The zero-order valence-electron chi connectivity index (χ0n) is 13.0. The van der Waals surface area contributed by atoms with Crippen molar-refractivity contribution in [1.29, 1.82) is 0 Å². The molecule has 0 aliphatic carbocycles. The number of aromatic nitrogens is 2. The van der Waals surface area contributed by atoms with Gasteiger partial charge in [0.25, 0.3) is 0 Å². The summed E-state index contributed by atoms with van der Waals surface area (Å²) in [7, 11) is 0. The minimum absolute atomic E-state index is 0. The molecule has 0 spiro atoms. The number of pyridine rings is 1. The second kappa shape index (κ2) is 8.94. The van der Waals surface area contributed by atoms with Gasteiger partial charge in [-0.2, -0.15) is 0 Å². The number of carbonyl (C=O) groups excluding carboxylic acids is 3. The molecule has 0 bridgehead atoms. The number of hydrogen-bond donors (Lipinski definition) is 1. The van der Waals surface area contributed by atoms with Crippen molar-refractivity contribution in [2.45, 2.75) is 33.3 Å². The number of aryl methyl sites for hydroxylation is 1. The van der Waals surface area contributed by atoms with Gasteiger partial charge in [-0.05, 0) is 33.3 Å². The molecule has 0 amide bonds. The Labute approximate surface area is 153 Å². The Balaban J connectivity index is 0.000000522. The number of H-pyrrole nitrogens is 1. The minimum Gasteiger partial charge on any atom is -0.649 e. The molecule has 0 aromatic carbocycles. The normalized spacial score (nSPS) is 10.1. The zero-order chi connectivity index (χ0) is 16.9. The average Bonchev–Trinajstić information content (AvgIpc) is 2.87. The summed E-state index contributed by atoms with van der Waals surface area (Å²) < 4.78 is 4.42. The van der Waals surface area contributed by atoms with Gasteiger partial charge in [0, 0.05) is 12.5 Å². The maximum Gasteiger partial charge on any atom is 2.00 e. The number of hydrogen-bond acceptors (Lipinski definition) is 5. The molecule has 0 saturated carbocycles. The van der Waals surface area contributed by atoms with Crippen molar-refractivity contribution in [2.24, 2.45) is 0 Å². The van der Waals surface area contributed by atoms with Crippen LogP contribution in [0.3, 0.4) is 0 Å². The summed E-state index contributed by atoms with van der Waals surface area (Å²) in [6, 6.07) is 0. The van der Waals surface area contributed by atoms with Gasteiger partial charge >= 0.3 is 21.1 Å². The van der Waals surface area contributed by atoms with E-state index in [-0.39, 0.29) is 37.4 Å². The molecule has 2 heterocycles. The van der Waals surface area contributed by atoms with Crippen LogP contribution >= 0.6 is 11.6 Å². The Kier molecular flexibility index (Phi) is 8.35. The van der Waals surface area contributed by atoms with Crippen molar-refractivity contribution in [3.63, 3.8) is 0 Å². The van der Waals surface area contributed by atoms with Gasteiger partial charge in [-0.1, -0.05) is 29.7 Å². The first-order valence-electron chi connectivity index (χ1n) is 6.31. The maximum atomic E-state index is 11.2. The second-order valence-corrected chi connectivity index (χ2v) is 5.77. The maximum absolute atomic E-state index is 11.2. The molecule has 0 unspecified atom stereocenters. The van der Waals surface area contributed by atoms with Crippen LogP contribution in [-0.4, -0.2) is 34.1 Å². The zero-order valence-corrected chi connectivity index (χ0v) is 16.7. The number of ether oxygens (including phenoxy) is 1. The van der Waals surface area contributed by atoms with Crippen LogP contribution in [0.1, 0.15) is 36.7 Å². The van der Waals surface area contributed by atoms with Crippen LogP contribution in [0.15, 0.2) is 12.4 Å². The molecule has 23 heavy (non-hydrogen) atoms. The van der Waals surface area contributed by atoms with Crippen molar-refractivity contribution in [3.8, 4) is 0 Å². The Hall–Kier alpha value is -1.52. The molecule has 0 atom stereocenters. The molecule has 2 aromatic heterocycles. The fourth-order valence-corrected chi connectivity index (χ4v) is 1.84. The monoisotopic (exact) mass is 506 g/mol. The van der Waals surface area contributed by atoms with Crippen LogP contribution in [0.25, 0.3) is 10.9 Å². The van der Waals surface area contributed by atoms with E-state index in [2.05, 4.69) is 14.7 Å². The van der Waals surface area contributed by atoms with E-state index in [1.807, 2.05) is 0 Å². The number of Topliss-reactive ketones (excluding diaryl/α,β-unsaturated/α-hetero) is 1. The molecular formula is C15H15ClN2O4W. The van der Waals surface area contributed by atoms with E-state index in [1.54, 1.807) is 33.9 Å². The average molecular weight is 507 g/mol. The summed E-state index contributed by atoms with van der Waals surface area (Å²) in [4.78, 5) is 37.8. The van der Waals surface area contributed by atoms with Gasteiger partial charge in [0.05, 0.1) is 16.9 Å². The summed E-state index contributed by atoms with van der Waals surface area (Å²) in [6.45, 7) is 8.52. The first-order valence-corrected chi connectivity index (χ1v) is 6.69. The van der Waals surface area contributed by atoms with E-state index in [4.69, 9.17) is 11.6 Å². The number of rotatable bonds is 3. The molecular weight excluding hydrogens is 491 g/mol. The van der Waals surface area contributed by atoms with Crippen molar-refractivity contribution in [1.82, 2.24) is 9.97 Å². The standard InChI is InChI=1S/C10H6ClN2O2.C5H9O2.W/c1-5-2-13-10(11)9-8(5)6(3-12-9)7(15)4-14;1-5(2,3)7-4-6;/h2-3,12H,1H3;1-3H3;/q2*-1;+2. The fraction of sp³-hybridized carbons (Fsp3) is 0.333. The van der Waals surface area contributed by atoms with Crippen LogP contribution in [0.5, 0.6) is 0 Å². The van der Waals surface area contributed by atoms with E-state index in [9.17, 15) is 14.4 Å². The summed E-state index contributed by atoms with van der Waals surface area (Å²) in [5, 5.41) is 0.906. The summed E-state index contributed by atoms with van der Waals surface area (Å²) in [5.41, 5.74) is 1.26. The van der Waals surface area contributed by atoms with Crippen molar-refractivity contribution in [2.75, 3.05) is 0 Å². The van der Waals surface area contributed by atoms with Gasteiger partial charge in [-0.3, -0.25) is 0 Å². The first kappa shape index (κ1) is 21.5. The van der Waals surface area contributed by atoms with E-state index in [1.165, 1.54) is 19.0 Å². The van der Waals surface area contributed by atoms with E-state index >= 15 is 0 Å². The second-order valence-electron chi connectivity index (χ2n) is 5.41. The number of nitrogens with zero attached hydrogens (tertiary/aromatic N) is 1. The third-order valence-corrected chi connectivity index (χ3v) is 2.82. The predicted octanol–water partition coefficient (Wildman–Crippen LogP) is 2.68. The third-order valence-electron chi connectivity index (χ3n) is 2.54. The van der Waals surface area contributed by atoms with Crippen LogP contribution in [-0.2, 0) is 35.4 Å². The number of nitrogens with one attached hydrogen (secondary N) is 1. The summed E-state index contributed by atoms with van der Waals surface area (Å²) >= 11 is 5.84. The first-order chi connectivity index (χ1) is 10.2.